The molecule has 0 aromatic carbocycles. The van der Waals surface area contributed by atoms with E-state index in [1.54, 1.807) is 38.4 Å². The minimum atomic E-state index is -4.12. The average Bonchev–Trinajstić information content (AvgIpc) is 3.63. The first-order valence-corrected chi connectivity index (χ1v) is 11.5. The first-order chi connectivity index (χ1) is 16.3. The molecule has 2 heterocycles. The van der Waals surface area contributed by atoms with Gasteiger partial charge in [0.05, 0.1) is 49.7 Å². The standard InChI is InChI=1S/C24H28F3N3O4/c1-3-33-23(31)18-11-17(18)22-20(32-2)9-8-19(29-22)15-10-21(30-28-12-15)34-13-14-4-6-16(7-5-14)24(25,26)27/h8-10,12,14,16-18H,3-7,11,13H2,1-2H3/t14?,16?,17-,18-/m0/s1. The molecule has 0 spiro atoms. The number of ether oxygens (including phenoxy) is 3. The Bertz CT molecular complexity index is 1010. The van der Waals surface area contributed by atoms with Crippen LogP contribution in [0.15, 0.2) is 24.4 Å². The first-order valence-electron chi connectivity index (χ1n) is 11.5. The fourth-order valence-corrected chi connectivity index (χ4v) is 4.49. The fraction of sp³-hybridized carbons (Fsp3) is 0.583. The molecule has 2 aromatic heterocycles. The minimum absolute atomic E-state index is 0.0597. The summed E-state index contributed by atoms with van der Waals surface area (Å²) in [7, 11) is 1.56. The van der Waals surface area contributed by atoms with Crippen molar-refractivity contribution in [2.45, 2.75) is 51.1 Å². The fourth-order valence-electron chi connectivity index (χ4n) is 4.49. The van der Waals surface area contributed by atoms with Crippen molar-refractivity contribution in [2.75, 3.05) is 20.3 Å². The number of halogens is 3. The van der Waals surface area contributed by atoms with Gasteiger partial charge in [0.2, 0.25) is 5.88 Å². The van der Waals surface area contributed by atoms with E-state index in [0.717, 1.165) is 0 Å². The van der Waals surface area contributed by atoms with Crippen LogP contribution in [0, 0.1) is 17.8 Å². The van der Waals surface area contributed by atoms with Crippen molar-refractivity contribution in [2.24, 2.45) is 17.8 Å². The molecule has 0 aliphatic heterocycles. The molecular weight excluding hydrogens is 451 g/mol. The van der Waals surface area contributed by atoms with Gasteiger partial charge in [0.1, 0.15) is 5.75 Å². The summed E-state index contributed by atoms with van der Waals surface area (Å²) in [5, 5.41) is 8.00. The van der Waals surface area contributed by atoms with Crippen molar-refractivity contribution in [3.63, 3.8) is 0 Å². The molecule has 0 N–H and O–H groups in total. The number of hydrogen-bond acceptors (Lipinski definition) is 7. The van der Waals surface area contributed by atoms with Gasteiger partial charge in [-0.25, -0.2) is 4.98 Å². The highest BCUT2D eigenvalue weighted by Crippen LogP contribution is 2.50. The lowest BCUT2D eigenvalue weighted by molar-refractivity contribution is -0.184. The van der Waals surface area contributed by atoms with Gasteiger partial charge in [-0.2, -0.15) is 18.3 Å². The summed E-state index contributed by atoms with van der Waals surface area (Å²) < 4.78 is 54.9. The van der Waals surface area contributed by atoms with E-state index in [4.69, 9.17) is 19.2 Å². The third-order valence-electron chi connectivity index (χ3n) is 6.54. The van der Waals surface area contributed by atoms with Crippen LogP contribution in [0.2, 0.25) is 0 Å². The minimum Gasteiger partial charge on any atom is -0.495 e. The molecule has 34 heavy (non-hydrogen) atoms. The zero-order valence-electron chi connectivity index (χ0n) is 19.2. The van der Waals surface area contributed by atoms with Crippen molar-refractivity contribution in [3.05, 3.63) is 30.1 Å². The largest absolute Gasteiger partial charge is 0.495 e. The van der Waals surface area contributed by atoms with Gasteiger partial charge in [0, 0.05) is 17.5 Å². The van der Waals surface area contributed by atoms with Crippen molar-refractivity contribution < 1.29 is 32.2 Å². The molecule has 7 nitrogen and oxygen atoms in total. The Kier molecular flexibility index (Phi) is 7.23. The molecule has 0 radical (unpaired) electrons. The summed E-state index contributed by atoms with van der Waals surface area (Å²) in [4.78, 5) is 16.8. The predicted octanol–water partition coefficient (Wildman–Crippen LogP) is 4.96. The Morgan fingerprint density at radius 1 is 1.18 bits per heavy atom. The van der Waals surface area contributed by atoms with Crippen molar-refractivity contribution in [1.82, 2.24) is 15.2 Å². The molecule has 2 aliphatic carbocycles. The lowest BCUT2D eigenvalue weighted by atomic mass is 9.82. The Hall–Kier alpha value is -2.91. The number of carbonyl (C=O) groups excluding carboxylic acids is 1. The molecular formula is C24H28F3N3O4. The van der Waals surface area contributed by atoms with Crippen LogP contribution in [-0.2, 0) is 9.53 Å². The Morgan fingerprint density at radius 2 is 1.94 bits per heavy atom. The van der Waals surface area contributed by atoms with Gasteiger partial charge < -0.3 is 14.2 Å². The number of alkyl halides is 3. The lowest BCUT2D eigenvalue weighted by Gasteiger charge is -2.29. The van der Waals surface area contributed by atoms with E-state index >= 15 is 0 Å². The molecule has 0 amide bonds. The van der Waals surface area contributed by atoms with Crippen molar-refractivity contribution in [1.29, 1.82) is 0 Å². The zero-order valence-corrected chi connectivity index (χ0v) is 19.2. The zero-order chi connectivity index (χ0) is 24.3. The molecule has 2 aromatic rings. The maximum atomic E-state index is 12.9. The molecule has 0 bridgehead atoms. The van der Waals surface area contributed by atoms with Gasteiger partial charge in [0.15, 0.2) is 0 Å². The lowest BCUT2D eigenvalue weighted by Crippen LogP contribution is -2.29. The summed E-state index contributed by atoms with van der Waals surface area (Å²) in [5.74, 6) is -0.766. The number of rotatable bonds is 8. The van der Waals surface area contributed by atoms with Gasteiger partial charge in [-0.1, -0.05) is 0 Å². The van der Waals surface area contributed by atoms with Crippen LogP contribution in [0.3, 0.4) is 0 Å². The number of carbonyl (C=O) groups is 1. The van der Waals surface area contributed by atoms with Crippen molar-refractivity contribution >= 4 is 5.97 Å². The molecule has 2 aliphatic rings. The van der Waals surface area contributed by atoms with Crippen LogP contribution < -0.4 is 9.47 Å². The molecule has 2 fully saturated rings. The van der Waals surface area contributed by atoms with Gasteiger partial charge in [-0.15, -0.1) is 5.10 Å². The van der Waals surface area contributed by atoms with Crippen LogP contribution >= 0.6 is 0 Å². The molecule has 2 saturated carbocycles. The van der Waals surface area contributed by atoms with Gasteiger partial charge >= 0.3 is 12.1 Å². The number of esters is 1. The van der Waals surface area contributed by atoms with Gasteiger partial charge in [-0.3, -0.25) is 4.79 Å². The molecule has 184 valence electrons. The number of nitrogens with zero attached hydrogens (tertiary/aromatic N) is 3. The van der Waals surface area contributed by atoms with Crippen LogP contribution in [0.1, 0.15) is 50.6 Å². The Labute approximate surface area is 196 Å². The average molecular weight is 479 g/mol. The number of methoxy groups -OCH3 is 1. The second-order valence-corrected chi connectivity index (χ2v) is 8.84. The van der Waals surface area contributed by atoms with Gasteiger partial charge in [-0.05, 0) is 57.1 Å². The SMILES string of the molecule is CCOC(=O)[C@H]1C[C@@H]1c1nc(-c2cnnc(OCC3CCC(C(F)(F)F)CC3)c2)ccc1OC. The Morgan fingerprint density at radius 3 is 2.62 bits per heavy atom. The molecule has 0 unspecified atom stereocenters. The van der Waals surface area contributed by atoms with E-state index in [1.807, 2.05) is 0 Å². The van der Waals surface area contributed by atoms with Crippen LogP contribution in [0.5, 0.6) is 11.6 Å². The smallest absolute Gasteiger partial charge is 0.391 e. The summed E-state index contributed by atoms with van der Waals surface area (Å²) >= 11 is 0. The molecule has 2 atom stereocenters. The monoisotopic (exact) mass is 479 g/mol. The summed E-state index contributed by atoms with van der Waals surface area (Å²) in [6.45, 7) is 2.41. The normalized spacial score (nSPS) is 24.4. The van der Waals surface area contributed by atoms with E-state index in [0.29, 0.717) is 61.1 Å². The summed E-state index contributed by atoms with van der Waals surface area (Å²) in [5.41, 5.74) is 2.01. The maximum Gasteiger partial charge on any atom is 0.391 e. The van der Waals surface area contributed by atoms with Crippen LogP contribution in [-0.4, -0.2) is 47.7 Å². The molecule has 10 heteroatoms. The number of aromatic nitrogens is 3. The summed E-state index contributed by atoms with van der Waals surface area (Å²) in [6, 6.07) is 5.31. The Balaban J connectivity index is 1.41. The first kappa shape index (κ1) is 24.2. The predicted molar refractivity (Wildman–Crippen MR) is 116 cm³/mol. The second kappa shape index (κ2) is 10.1. The summed E-state index contributed by atoms with van der Waals surface area (Å²) in [6.07, 6.45) is -0.674. The topological polar surface area (TPSA) is 83.4 Å². The molecule has 0 saturated heterocycles. The van der Waals surface area contributed by atoms with E-state index in [-0.39, 0.29) is 36.6 Å². The molecule has 4 rings (SSSR count). The third-order valence-corrected chi connectivity index (χ3v) is 6.54. The highest BCUT2D eigenvalue weighted by molar-refractivity contribution is 5.77. The number of pyridine rings is 1. The van der Waals surface area contributed by atoms with E-state index in [9.17, 15) is 18.0 Å². The van der Waals surface area contributed by atoms with Gasteiger partial charge in [0.25, 0.3) is 0 Å². The van der Waals surface area contributed by atoms with E-state index < -0.39 is 12.1 Å². The second-order valence-electron chi connectivity index (χ2n) is 8.84. The maximum absolute atomic E-state index is 12.9. The van der Waals surface area contributed by atoms with E-state index in [2.05, 4.69) is 10.2 Å². The van der Waals surface area contributed by atoms with E-state index in [1.165, 1.54) is 0 Å². The number of hydrogen-bond donors (Lipinski definition) is 0. The van der Waals surface area contributed by atoms with Crippen molar-refractivity contribution in [3.8, 4) is 22.9 Å². The van der Waals surface area contributed by atoms with Crippen LogP contribution in [0.25, 0.3) is 11.3 Å². The highest BCUT2D eigenvalue weighted by Gasteiger charge is 2.47. The van der Waals surface area contributed by atoms with Crippen LogP contribution in [0.4, 0.5) is 13.2 Å². The highest BCUT2D eigenvalue weighted by atomic mass is 19.4. The third kappa shape index (κ3) is 5.59. The quantitative estimate of drug-likeness (QED) is 0.495.